The van der Waals surface area contributed by atoms with Crippen molar-refractivity contribution in [2.45, 2.75) is 0 Å². The van der Waals surface area contributed by atoms with Gasteiger partial charge in [0.15, 0.2) is 11.5 Å². The number of ether oxygens (including phenoxy) is 2. The number of carbonyl (C=O) groups is 2. The van der Waals surface area contributed by atoms with Gasteiger partial charge in [0, 0.05) is 5.56 Å². The number of nitrogens with two attached hydrogens (primary N) is 1. The molecule has 8 nitrogen and oxygen atoms in total. The third-order valence-electron chi connectivity index (χ3n) is 3.67. The molecule has 0 fully saturated rings. The van der Waals surface area contributed by atoms with Gasteiger partial charge < -0.3 is 30.7 Å². The highest BCUT2D eigenvalue weighted by molar-refractivity contribution is 5.99. The molecule has 2 aromatic rings. The second kappa shape index (κ2) is 6.08. The van der Waals surface area contributed by atoms with Crippen LogP contribution in [0.5, 0.6) is 11.5 Å². The fourth-order valence-corrected chi connectivity index (χ4v) is 2.46. The number of carboxylic acids is 1. The molecule has 0 unspecified atom stereocenters. The van der Waals surface area contributed by atoms with Crippen LogP contribution in [0.4, 0.5) is 11.4 Å². The number of aliphatic hydroxyl groups excluding tert-OH is 1. The summed E-state index contributed by atoms with van der Waals surface area (Å²) < 4.78 is 10.2. The molecular weight excluding hydrogens is 328 g/mol. The van der Waals surface area contributed by atoms with E-state index in [4.69, 9.17) is 10.5 Å². The molecule has 0 amide bonds. The van der Waals surface area contributed by atoms with E-state index < -0.39 is 17.7 Å². The molecule has 0 saturated carbocycles. The summed E-state index contributed by atoms with van der Waals surface area (Å²) in [6.07, 6.45) is 0. The predicted octanol–water partition coefficient (Wildman–Crippen LogP) is 2.59. The number of para-hydroxylation sites is 2. The number of aliphatic hydroxyl groups is 1. The van der Waals surface area contributed by atoms with E-state index in [1.54, 1.807) is 30.3 Å². The Morgan fingerprint density at radius 2 is 1.80 bits per heavy atom. The Balaban J connectivity index is 2.12. The second-order valence-electron chi connectivity index (χ2n) is 5.15. The van der Waals surface area contributed by atoms with Crippen molar-refractivity contribution in [3.63, 3.8) is 0 Å². The molecule has 1 aliphatic rings. The topological polar surface area (TPSA) is 131 Å². The van der Waals surface area contributed by atoms with Gasteiger partial charge in [-0.2, -0.15) is 0 Å². The van der Waals surface area contributed by atoms with Crippen LogP contribution in [-0.4, -0.2) is 29.3 Å². The number of methoxy groups -OCH3 is 1. The minimum atomic E-state index is -1.12. The molecule has 0 aromatic heterocycles. The monoisotopic (exact) mass is 342 g/mol. The van der Waals surface area contributed by atoms with E-state index >= 15 is 0 Å². The lowest BCUT2D eigenvalue weighted by Gasteiger charge is -2.25. The van der Waals surface area contributed by atoms with Gasteiger partial charge in [-0.05, 0) is 18.2 Å². The van der Waals surface area contributed by atoms with Crippen LogP contribution in [0, 0.1) is 0 Å². The number of nitrogens with one attached hydrogen (secondary N) is 1. The Labute approximate surface area is 142 Å². The summed E-state index contributed by atoms with van der Waals surface area (Å²) in [5.74, 6) is -2.36. The van der Waals surface area contributed by atoms with Crippen molar-refractivity contribution >= 4 is 29.0 Å². The van der Waals surface area contributed by atoms with Crippen molar-refractivity contribution in [1.82, 2.24) is 0 Å². The molecule has 8 heteroatoms. The molecule has 25 heavy (non-hydrogen) atoms. The van der Waals surface area contributed by atoms with Gasteiger partial charge in [-0.3, -0.25) is 0 Å². The first-order valence-corrected chi connectivity index (χ1v) is 7.15. The van der Waals surface area contributed by atoms with Crippen LogP contribution in [0.15, 0.2) is 42.2 Å². The van der Waals surface area contributed by atoms with Crippen LogP contribution in [-0.2, 0) is 9.53 Å². The lowest BCUT2D eigenvalue weighted by atomic mass is 10.0. The normalized spacial score (nSPS) is 12.7. The lowest BCUT2D eigenvalue weighted by molar-refractivity contribution is -0.138. The Kier molecular flexibility index (Phi) is 3.94. The molecular formula is C17H14N2O6. The first-order valence-electron chi connectivity index (χ1n) is 7.15. The highest BCUT2D eigenvalue weighted by Gasteiger charge is 2.26. The van der Waals surface area contributed by atoms with E-state index in [0.29, 0.717) is 22.7 Å². The van der Waals surface area contributed by atoms with Crippen molar-refractivity contribution in [3.8, 4) is 11.5 Å². The molecule has 5 N–H and O–H groups in total. The lowest BCUT2D eigenvalue weighted by Crippen LogP contribution is -2.14. The molecule has 3 rings (SSSR count). The SMILES string of the molecule is COC(=O)/C(O)=C(\N)c1cccc2c1Nc1cccc(C(=O)O)c1O2. The third-order valence-corrected chi connectivity index (χ3v) is 3.67. The minimum absolute atomic E-state index is 0.00183. The molecule has 0 spiro atoms. The first-order chi connectivity index (χ1) is 11.9. The van der Waals surface area contributed by atoms with E-state index in [2.05, 4.69) is 10.1 Å². The van der Waals surface area contributed by atoms with Gasteiger partial charge in [0.2, 0.25) is 5.76 Å². The van der Waals surface area contributed by atoms with E-state index in [-0.39, 0.29) is 17.0 Å². The summed E-state index contributed by atoms with van der Waals surface area (Å²) in [5.41, 5.74) is 6.81. The molecule has 0 aliphatic carbocycles. The number of esters is 1. The van der Waals surface area contributed by atoms with Crippen LogP contribution < -0.4 is 15.8 Å². The average molecular weight is 342 g/mol. The number of fused-ring (bicyclic) bond motifs is 2. The van der Waals surface area contributed by atoms with Crippen molar-refractivity contribution in [3.05, 3.63) is 53.3 Å². The quantitative estimate of drug-likeness (QED) is 0.324. The third kappa shape index (κ3) is 2.69. The molecule has 2 aromatic carbocycles. The van der Waals surface area contributed by atoms with Gasteiger partial charge in [0.25, 0.3) is 0 Å². The van der Waals surface area contributed by atoms with Crippen LogP contribution in [0.3, 0.4) is 0 Å². The zero-order valence-corrected chi connectivity index (χ0v) is 13.1. The van der Waals surface area contributed by atoms with Crippen LogP contribution in [0.2, 0.25) is 0 Å². The van der Waals surface area contributed by atoms with Crippen molar-refractivity contribution in [1.29, 1.82) is 0 Å². The second-order valence-corrected chi connectivity index (χ2v) is 5.15. The number of anilines is 2. The molecule has 128 valence electrons. The van der Waals surface area contributed by atoms with Gasteiger partial charge in [-0.25, -0.2) is 9.59 Å². The van der Waals surface area contributed by atoms with Crippen molar-refractivity contribution in [2.24, 2.45) is 5.73 Å². The van der Waals surface area contributed by atoms with Crippen LogP contribution in [0.25, 0.3) is 5.70 Å². The van der Waals surface area contributed by atoms with Crippen LogP contribution >= 0.6 is 0 Å². The van der Waals surface area contributed by atoms with Gasteiger partial charge in [0.05, 0.1) is 24.2 Å². The predicted molar refractivity (Wildman–Crippen MR) is 89.0 cm³/mol. The molecule has 0 bridgehead atoms. The average Bonchev–Trinajstić information content (AvgIpc) is 2.63. The molecule has 1 aliphatic heterocycles. The summed E-state index contributed by atoms with van der Waals surface area (Å²) in [6.45, 7) is 0. The smallest absolute Gasteiger partial charge is 0.375 e. The Bertz CT molecular complexity index is 919. The van der Waals surface area contributed by atoms with E-state index in [0.717, 1.165) is 7.11 Å². The van der Waals surface area contributed by atoms with Gasteiger partial charge in [0.1, 0.15) is 5.56 Å². The number of aromatic carboxylic acids is 1. The van der Waals surface area contributed by atoms with Crippen molar-refractivity contribution < 1.29 is 29.3 Å². The number of hydrogen-bond acceptors (Lipinski definition) is 7. The number of hydrogen-bond donors (Lipinski definition) is 4. The van der Waals surface area contributed by atoms with Gasteiger partial charge >= 0.3 is 11.9 Å². The Morgan fingerprint density at radius 3 is 2.48 bits per heavy atom. The first kappa shape index (κ1) is 16.2. The summed E-state index contributed by atoms with van der Waals surface area (Å²) in [5, 5.41) is 22.2. The standard InChI is InChI=1S/C17H14N2O6/c1-24-17(23)14(20)12(18)8-4-3-7-11-13(8)19-10-6-2-5-9(16(21)22)15(10)25-11/h2-7,19-20H,18H2,1H3,(H,21,22)/b14-12+. The van der Waals surface area contributed by atoms with E-state index in [1.807, 2.05) is 0 Å². The summed E-state index contributed by atoms with van der Waals surface area (Å²) in [7, 11) is 1.12. The number of carbonyl (C=O) groups excluding carboxylic acids is 1. The fraction of sp³-hybridized carbons (Fsp3) is 0.0588. The minimum Gasteiger partial charge on any atom is -0.500 e. The highest BCUT2D eigenvalue weighted by atomic mass is 16.5. The molecule has 0 atom stereocenters. The van der Waals surface area contributed by atoms with E-state index in [1.165, 1.54) is 6.07 Å². The van der Waals surface area contributed by atoms with Crippen molar-refractivity contribution in [2.75, 3.05) is 12.4 Å². The Morgan fingerprint density at radius 1 is 1.12 bits per heavy atom. The Hall–Kier alpha value is -3.68. The molecule has 1 heterocycles. The fourth-order valence-electron chi connectivity index (χ4n) is 2.46. The maximum absolute atomic E-state index is 11.5. The van der Waals surface area contributed by atoms with Crippen LogP contribution in [0.1, 0.15) is 15.9 Å². The van der Waals surface area contributed by atoms with E-state index in [9.17, 15) is 19.8 Å². The highest BCUT2D eigenvalue weighted by Crippen LogP contribution is 2.46. The zero-order valence-electron chi connectivity index (χ0n) is 13.1. The molecule has 0 saturated heterocycles. The number of rotatable bonds is 3. The zero-order chi connectivity index (χ0) is 18.1. The largest absolute Gasteiger partial charge is 0.500 e. The summed E-state index contributed by atoms with van der Waals surface area (Å²) >= 11 is 0. The maximum atomic E-state index is 11.5. The maximum Gasteiger partial charge on any atom is 0.375 e. The number of benzene rings is 2. The summed E-state index contributed by atoms with van der Waals surface area (Å²) in [4.78, 5) is 22.8. The van der Waals surface area contributed by atoms with Gasteiger partial charge in [-0.15, -0.1) is 0 Å². The number of carboxylic acid groups (broad SMARTS) is 1. The molecule has 0 radical (unpaired) electrons. The summed E-state index contributed by atoms with van der Waals surface area (Å²) in [6, 6.07) is 9.42. The van der Waals surface area contributed by atoms with Gasteiger partial charge in [-0.1, -0.05) is 18.2 Å².